The van der Waals surface area contributed by atoms with Gasteiger partial charge in [-0.3, -0.25) is 24.5 Å². The van der Waals surface area contributed by atoms with E-state index < -0.39 is 28.5 Å². The van der Waals surface area contributed by atoms with Crippen molar-refractivity contribution >= 4 is 23.4 Å². The van der Waals surface area contributed by atoms with E-state index in [9.17, 15) is 28.9 Å². The molecule has 2 aromatic carbocycles. The number of hydrogen-bond acceptors (Lipinski definition) is 5. The lowest BCUT2D eigenvalue weighted by atomic mass is 10.1. The van der Waals surface area contributed by atoms with Crippen molar-refractivity contribution < 1.29 is 23.7 Å². The van der Waals surface area contributed by atoms with Gasteiger partial charge in [0.15, 0.2) is 0 Å². The van der Waals surface area contributed by atoms with Gasteiger partial charge in [0.1, 0.15) is 5.82 Å². The van der Waals surface area contributed by atoms with Crippen LogP contribution in [0.15, 0.2) is 42.5 Å². The molecule has 0 aliphatic carbocycles. The van der Waals surface area contributed by atoms with E-state index in [1.54, 1.807) is 6.92 Å². The number of benzene rings is 2. The summed E-state index contributed by atoms with van der Waals surface area (Å²) in [5, 5.41) is 18.1. The number of amides is 3. The fraction of sp³-hybridized carbons (Fsp3) is 0.211. The van der Waals surface area contributed by atoms with E-state index in [4.69, 9.17) is 0 Å². The number of hydrogen-bond donors (Lipinski definition) is 3. The molecule has 0 saturated heterocycles. The van der Waals surface area contributed by atoms with Gasteiger partial charge in [-0.2, -0.15) is 0 Å². The molecule has 0 aromatic heterocycles. The Morgan fingerprint density at radius 1 is 0.966 bits per heavy atom. The third-order valence-electron chi connectivity index (χ3n) is 3.90. The zero-order valence-corrected chi connectivity index (χ0v) is 15.5. The van der Waals surface area contributed by atoms with Crippen molar-refractivity contribution in [2.24, 2.45) is 0 Å². The fourth-order valence-corrected chi connectivity index (χ4v) is 2.30. The third kappa shape index (κ3) is 6.38. The molecule has 0 fully saturated rings. The van der Waals surface area contributed by atoms with Gasteiger partial charge in [0.2, 0.25) is 5.91 Å². The largest absolute Gasteiger partial charge is 0.353 e. The van der Waals surface area contributed by atoms with Crippen molar-refractivity contribution in [3.05, 3.63) is 75.1 Å². The molecular formula is C19H19FN4O5. The summed E-state index contributed by atoms with van der Waals surface area (Å²) in [6.45, 7) is 1.47. The second kappa shape index (κ2) is 9.93. The molecule has 3 amide bonds. The minimum atomic E-state index is -0.626. The molecule has 2 aromatic rings. The van der Waals surface area contributed by atoms with Crippen LogP contribution < -0.4 is 16.0 Å². The van der Waals surface area contributed by atoms with Crippen LogP contribution in [0.1, 0.15) is 26.3 Å². The molecule has 0 atom stereocenters. The Morgan fingerprint density at radius 2 is 1.62 bits per heavy atom. The third-order valence-corrected chi connectivity index (χ3v) is 3.90. The maximum atomic E-state index is 13.5. The standard InChI is InChI=1S/C19H19FN4O5/c1-12-5-6-14(10-16(12)20)18(26)22-8-7-21-17(25)11-23-19(27)13-3-2-4-15(9-13)24(28)29/h2-6,9-10H,7-8,11H2,1H3,(H,21,25)(H,22,26)(H,23,27). The van der Waals surface area contributed by atoms with Crippen LogP contribution in [0.5, 0.6) is 0 Å². The van der Waals surface area contributed by atoms with E-state index in [2.05, 4.69) is 16.0 Å². The highest BCUT2D eigenvalue weighted by atomic mass is 19.1. The van der Waals surface area contributed by atoms with Gasteiger partial charge in [-0.05, 0) is 30.7 Å². The van der Waals surface area contributed by atoms with Crippen LogP contribution in [-0.4, -0.2) is 42.3 Å². The van der Waals surface area contributed by atoms with E-state index in [-0.39, 0.29) is 36.4 Å². The van der Waals surface area contributed by atoms with Crippen molar-refractivity contribution in [2.75, 3.05) is 19.6 Å². The monoisotopic (exact) mass is 402 g/mol. The van der Waals surface area contributed by atoms with Crippen molar-refractivity contribution in [1.82, 2.24) is 16.0 Å². The van der Waals surface area contributed by atoms with E-state index >= 15 is 0 Å². The fourth-order valence-electron chi connectivity index (χ4n) is 2.30. The Bertz CT molecular complexity index is 948. The molecule has 10 heteroatoms. The lowest BCUT2D eigenvalue weighted by Crippen LogP contribution is -2.40. The number of halogens is 1. The normalized spacial score (nSPS) is 10.1. The highest BCUT2D eigenvalue weighted by molar-refractivity contribution is 5.97. The van der Waals surface area contributed by atoms with Crippen LogP contribution in [0.25, 0.3) is 0 Å². The molecule has 152 valence electrons. The summed E-state index contributed by atoms with van der Waals surface area (Å²) < 4.78 is 13.5. The summed E-state index contributed by atoms with van der Waals surface area (Å²) in [7, 11) is 0. The van der Waals surface area contributed by atoms with E-state index in [1.807, 2.05) is 0 Å². The molecule has 0 bridgehead atoms. The zero-order valence-electron chi connectivity index (χ0n) is 15.5. The number of carbonyl (C=O) groups excluding carboxylic acids is 3. The average Bonchev–Trinajstić information content (AvgIpc) is 2.71. The predicted octanol–water partition coefficient (Wildman–Crippen LogP) is 1.32. The van der Waals surface area contributed by atoms with Crippen molar-refractivity contribution in [3.8, 4) is 0 Å². The number of nitrogens with zero attached hydrogens (tertiary/aromatic N) is 1. The van der Waals surface area contributed by atoms with Gasteiger partial charge in [-0.25, -0.2) is 4.39 Å². The number of nitrogens with one attached hydrogen (secondary N) is 3. The highest BCUT2D eigenvalue weighted by Crippen LogP contribution is 2.12. The molecule has 3 N–H and O–H groups in total. The molecule has 2 rings (SSSR count). The van der Waals surface area contributed by atoms with Crippen LogP contribution in [0.3, 0.4) is 0 Å². The van der Waals surface area contributed by atoms with Gasteiger partial charge >= 0.3 is 0 Å². The quantitative estimate of drug-likeness (QED) is 0.348. The molecule has 29 heavy (non-hydrogen) atoms. The van der Waals surface area contributed by atoms with Gasteiger partial charge in [-0.15, -0.1) is 0 Å². The van der Waals surface area contributed by atoms with Crippen molar-refractivity contribution in [3.63, 3.8) is 0 Å². The van der Waals surface area contributed by atoms with E-state index in [0.717, 1.165) is 12.1 Å². The Morgan fingerprint density at radius 3 is 2.31 bits per heavy atom. The Balaban J connectivity index is 1.71. The van der Waals surface area contributed by atoms with Crippen LogP contribution in [0, 0.1) is 22.9 Å². The lowest BCUT2D eigenvalue weighted by Gasteiger charge is -2.09. The smallest absolute Gasteiger partial charge is 0.270 e. The molecule has 9 nitrogen and oxygen atoms in total. The molecule has 0 radical (unpaired) electrons. The Labute approximate surface area is 165 Å². The lowest BCUT2D eigenvalue weighted by molar-refractivity contribution is -0.384. The Hall–Kier alpha value is -3.82. The topological polar surface area (TPSA) is 130 Å². The van der Waals surface area contributed by atoms with Crippen LogP contribution in [-0.2, 0) is 4.79 Å². The molecule has 0 unspecified atom stereocenters. The molecule has 0 saturated carbocycles. The summed E-state index contributed by atoms with van der Waals surface area (Å²) >= 11 is 0. The molecule has 0 aliphatic heterocycles. The van der Waals surface area contributed by atoms with Gasteiger partial charge in [0.25, 0.3) is 17.5 Å². The zero-order chi connectivity index (χ0) is 21.4. The molecular weight excluding hydrogens is 383 g/mol. The maximum Gasteiger partial charge on any atom is 0.270 e. The summed E-state index contributed by atoms with van der Waals surface area (Å²) in [5.41, 5.74) is 0.431. The van der Waals surface area contributed by atoms with Crippen molar-refractivity contribution in [1.29, 1.82) is 0 Å². The van der Waals surface area contributed by atoms with Gasteiger partial charge < -0.3 is 16.0 Å². The van der Waals surface area contributed by atoms with Crippen LogP contribution in [0.4, 0.5) is 10.1 Å². The van der Waals surface area contributed by atoms with Gasteiger partial charge in [0, 0.05) is 36.3 Å². The number of carbonyl (C=O) groups is 3. The number of nitro groups is 1. The SMILES string of the molecule is Cc1ccc(C(=O)NCCNC(=O)CNC(=O)c2cccc([N+](=O)[O-])c2)cc1F. The van der Waals surface area contributed by atoms with Crippen LogP contribution in [0.2, 0.25) is 0 Å². The van der Waals surface area contributed by atoms with Gasteiger partial charge in [0.05, 0.1) is 11.5 Å². The summed E-state index contributed by atoms with van der Waals surface area (Å²) in [5.74, 6) is -2.08. The second-order valence-electron chi connectivity index (χ2n) is 6.06. The minimum absolute atomic E-state index is 0.0598. The van der Waals surface area contributed by atoms with E-state index in [0.29, 0.717) is 5.56 Å². The molecule has 0 heterocycles. The van der Waals surface area contributed by atoms with Gasteiger partial charge in [-0.1, -0.05) is 12.1 Å². The Kier molecular flexibility index (Phi) is 7.35. The highest BCUT2D eigenvalue weighted by Gasteiger charge is 2.12. The first-order valence-electron chi connectivity index (χ1n) is 8.61. The predicted molar refractivity (Wildman–Crippen MR) is 102 cm³/mol. The summed E-state index contributed by atoms with van der Waals surface area (Å²) in [6, 6.07) is 9.25. The van der Waals surface area contributed by atoms with E-state index in [1.165, 1.54) is 30.3 Å². The second-order valence-corrected chi connectivity index (χ2v) is 6.06. The number of non-ortho nitro benzene ring substituents is 1. The minimum Gasteiger partial charge on any atom is -0.353 e. The number of nitro benzene ring substituents is 1. The first-order valence-corrected chi connectivity index (χ1v) is 8.61. The molecule has 0 spiro atoms. The number of rotatable bonds is 8. The summed E-state index contributed by atoms with van der Waals surface area (Å²) in [4.78, 5) is 45.7. The average molecular weight is 402 g/mol. The number of aryl methyl sites for hydroxylation is 1. The maximum absolute atomic E-state index is 13.5. The summed E-state index contributed by atoms with van der Waals surface area (Å²) in [6.07, 6.45) is 0. The van der Waals surface area contributed by atoms with Crippen molar-refractivity contribution in [2.45, 2.75) is 6.92 Å². The molecule has 0 aliphatic rings. The first-order chi connectivity index (χ1) is 13.8. The van der Waals surface area contributed by atoms with Crippen LogP contribution >= 0.6 is 0 Å². The first kappa shape index (κ1) is 21.5.